The van der Waals surface area contributed by atoms with E-state index in [-0.39, 0.29) is 0 Å². The first kappa shape index (κ1) is 12.8. The van der Waals surface area contributed by atoms with Crippen LogP contribution in [0.1, 0.15) is 45.4 Å². The fraction of sp³-hybridized carbons (Fsp3) is 1.00. The summed E-state index contributed by atoms with van der Waals surface area (Å²) >= 11 is 2.27. The third-order valence-corrected chi connectivity index (χ3v) is 5.81. The van der Waals surface area contributed by atoms with Crippen LogP contribution in [0.3, 0.4) is 0 Å². The van der Waals surface area contributed by atoms with Crippen LogP contribution in [0, 0.1) is 5.92 Å². The van der Waals surface area contributed by atoms with Crippen LogP contribution >= 0.6 is 11.8 Å². The maximum atomic E-state index is 2.46. The predicted octanol–water partition coefficient (Wildman–Crippen LogP) is 3.54. The van der Waals surface area contributed by atoms with Gasteiger partial charge in [-0.3, -0.25) is 0 Å². The first-order chi connectivity index (χ1) is 7.68. The van der Waals surface area contributed by atoms with Crippen molar-refractivity contribution in [3.63, 3.8) is 0 Å². The Labute approximate surface area is 106 Å². The number of thioether (sulfide) groups is 1. The smallest absolute Gasteiger partial charge is 0.0876 e. The molecule has 1 nitrogen and oxygen atoms in total. The van der Waals surface area contributed by atoms with Crippen molar-refractivity contribution in [3.05, 3.63) is 0 Å². The van der Waals surface area contributed by atoms with Gasteiger partial charge in [-0.15, -0.1) is 0 Å². The van der Waals surface area contributed by atoms with Gasteiger partial charge in [0, 0.05) is 23.3 Å². The molecule has 0 bridgehead atoms. The molecule has 0 aromatic rings. The fourth-order valence-electron chi connectivity index (χ4n) is 3.34. The van der Waals surface area contributed by atoms with E-state index >= 15 is 0 Å². The Kier molecular flexibility index (Phi) is 4.60. The summed E-state index contributed by atoms with van der Waals surface area (Å²) < 4.78 is 1.35. The van der Waals surface area contributed by atoms with E-state index in [1.807, 2.05) is 0 Å². The highest BCUT2D eigenvalue weighted by molar-refractivity contribution is 7.99. The number of nitrogens with zero attached hydrogens (tertiary/aromatic N) is 1. The minimum Gasteiger partial charge on any atom is -0.325 e. The lowest BCUT2D eigenvalue weighted by atomic mass is 10.0. The van der Waals surface area contributed by atoms with Gasteiger partial charge in [-0.2, -0.15) is 11.8 Å². The standard InChI is InChI=1S/C14H28NS/c1-13-8-9-15(2,12-13)10-11-16-14-6-4-3-5-7-14/h13-14H,3-12H2,1-2H3/q+1. The van der Waals surface area contributed by atoms with E-state index in [0.717, 1.165) is 11.2 Å². The summed E-state index contributed by atoms with van der Waals surface area (Å²) in [6, 6.07) is 0. The highest BCUT2D eigenvalue weighted by Crippen LogP contribution is 2.29. The van der Waals surface area contributed by atoms with E-state index in [0.29, 0.717) is 0 Å². The van der Waals surface area contributed by atoms with E-state index in [1.54, 1.807) is 0 Å². The molecule has 1 aliphatic carbocycles. The molecule has 1 saturated carbocycles. The molecular formula is C14H28NS+. The Balaban J connectivity index is 1.63. The largest absolute Gasteiger partial charge is 0.325 e. The number of hydrogen-bond donors (Lipinski definition) is 0. The molecule has 16 heavy (non-hydrogen) atoms. The molecule has 2 fully saturated rings. The Morgan fingerprint density at radius 3 is 2.50 bits per heavy atom. The maximum absolute atomic E-state index is 2.46. The van der Waals surface area contributed by atoms with Crippen LogP contribution in [0.2, 0.25) is 0 Å². The van der Waals surface area contributed by atoms with Crippen molar-refractivity contribution in [1.82, 2.24) is 0 Å². The lowest BCUT2D eigenvalue weighted by molar-refractivity contribution is -0.896. The summed E-state index contributed by atoms with van der Waals surface area (Å²) in [6.45, 7) is 6.67. The van der Waals surface area contributed by atoms with E-state index in [9.17, 15) is 0 Å². The highest BCUT2D eigenvalue weighted by atomic mass is 32.2. The summed E-state index contributed by atoms with van der Waals surface area (Å²) in [5.74, 6) is 2.36. The van der Waals surface area contributed by atoms with Crippen molar-refractivity contribution in [2.24, 2.45) is 5.92 Å². The minimum absolute atomic E-state index is 0.963. The van der Waals surface area contributed by atoms with Gasteiger partial charge >= 0.3 is 0 Å². The number of rotatable bonds is 4. The van der Waals surface area contributed by atoms with Gasteiger partial charge in [0.05, 0.1) is 26.7 Å². The van der Waals surface area contributed by atoms with Crippen LogP contribution in [0.15, 0.2) is 0 Å². The first-order valence-corrected chi connectivity index (χ1v) is 8.18. The summed E-state index contributed by atoms with van der Waals surface area (Å²) in [6.07, 6.45) is 8.89. The Morgan fingerprint density at radius 2 is 1.88 bits per heavy atom. The van der Waals surface area contributed by atoms with Gasteiger partial charge in [0.2, 0.25) is 0 Å². The van der Waals surface area contributed by atoms with E-state index in [1.165, 1.54) is 68.4 Å². The molecule has 0 amide bonds. The van der Waals surface area contributed by atoms with Gasteiger partial charge in [-0.25, -0.2) is 0 Å². The number of hydrogen-bond acceptors (Lipinski definition) is 1. The fourth-order valence-corrected chi connectivity index (χ4v) is 4.89. The van der Waals surface area contributed by atoms with Crippen LogP contribution in [-0.2, 0) is 0 Å². The van der Waals surface area contributed by atoms with E-state index < -0.39 is 0 Å². The molecular weight excluding hydrogens is 214 g/mol. The molecule has 2 unspecified atom stereocenters. The summed E-state index contributed by atoms with van der Waals surface area (Å²) in [7, 11) is 2.46. The van der Waals surface area contributed by atoms with Gasteiger partial charge < -0.3 is 4.48 Å². The predicted molar refractivity (Wildman–Crippen MR) is 73.9 cm³/mol. The van der Waals surface area contributed by atoms with Crippen LogP contribution in [0.4, 0.5) is 0 Å². The normalized spacial score (nSPS) is 36.8. The topological polar surface area (TPSA) is 0 Å². The monoisotopic (exact) mass is 242 g/mol. The average molecular weight is 242 g/mol. The van der Waals surface area contributed by atoms with E-state index in [2.05, 4.69) is 25.7 Å². The van der Waals surface area contributed by atoms with Gasteiger partial charge in [0.25, 0.3) is 0 Å². The molecule has 0 aromatic heterocycles. The van der Waals surface area contributed by atoms with Gasteiger partial charge in [0.15, 0.2) is 0 Å². The second kappa shape index (κ2) is 5.77. The second-order valence-corrected chi connectivity index (χ2v) is 7.68. The van der Waals surface area contributed by atoms with E-state index in [4.69, 9.17) is 0 Å². The van der Waals surface area contributed by atoms with Gasteiger partial charge in [-0.1, -0.05) is 26.2 Å². The molecule has 2 aliphatic rings. The van der Waals surface area contributed by atoms with Crippen molar-refractivity contribution in [3.8, 4) is 0 Å². The lowest BCUT2D eigenvalue weighted by Gasteiger charge is -2.30. The van der Waals surface area contributed by atoms with Gasteiger partial charge in [-0.05, 0) is 12.8 Å². The first-order valence-electron chi connectivity index (χ1n) is 7.13. The molecule has 94 valence electrons. The number of likely N-dealkylation sites (tertiary alicyclic amines) is 1. The minimum atomic E-state index is 0.963. The molecule has 0 spiro atoms. The Hall–Kier alpha value is 0.310. The summed E-state index contributed by atoms with van der Waals surface area (Å²) in [5.41, 5.74) is 0. The molecule has 0 aromatic carbocycles. The summed E-state index contributed by atoms with van der Waals surface area (Å²) in [4.78, 5) is 0. The molecule has 1 heterocycles. The van der Waals surface area contributed by atoms with Crippen LogP contribution in [0.25, 0.3) is 0 Å². The van der Waals surface area contributed by atoms with Crippen LogP contribution < -0.4 is 0 Å². The third kappa shape index (κ3) is 3.66. The molecule has 0 N–H and O–H groups in total. The average Bonchev–Trinajstić information content (AvgIpc) is 2.60. The molecule has 1 saturated heterocycles. The van der Waals surface area contributed by atoms with Gasteiger partial charge in [0.1, 0.15) is 0 Å². The molecule has 2 rings (SSSR count). The third-order valence-electron chi connectivity index (χ3n) is 4.45. The molecule has 1 aliphatic heterocycles. The Morgan fingerprint density at radius 1 is 1.12 bits per heavy atom. The maximum Gasteiger partial charge on any atom is 0.0876 e. The Bertz CT molecular complexity index is 213. The van der Waals surface area contributed by atoms with Crippen molar-refractivity contribution in [2.75, 3.05) is 32.4 Å². The number of quaternary nitrogens is 1. The zero-order valence-corrected chi connectivity index (χ0v) is 11.9. The molecule has 0 radical (unpaired) electrons. The second-order valence-electron chi connectivity index (χ2n) is 6.27. The highest BCUT2D eigenvalue weighted by Gasteiger charge is 2.31. The van der Waals surface area contributed by atoms with Crippen molar-refractivity contribution in [2.45, 2.75) is 50.7 Å². The molecule has 2 atom stereocenters. The van der Waals surface area contributed by atoms with Crippen LogP contribution in [-0.4, -0.2) is 42.2 Å². The van der Waals surface area contributed by atoms with Crippen molar-refractivity contribution >= 4 is 11.8 Å². The zero-order chi connectivity index (χ0) is 11.4. The lowest BCUT2D eigenvalue weighted by Crippen LogP contribution is -2.43. The molecule has 2 heteroatoms. The van der Waals surface area contributed by atoms with Crippen molar-refractivity contribution in [1.29, 1.82) is 0 Å². The zero-order valence-electron chi connectivity index (χ0n) is 11.1. The SMILES string of the molecule is CC1CC[N+](C)(CCSC2CCCCC2)C1. The van der Waals surface area contributed by atoms with Crippen molar-refractivity contribution < 1.29 is 4.48 Å². The summed E-state index contributed by atoms with van der Waals surface area (Å²) in [5, 5.41) is 1.00. The quantitative estimate of drug-likeness (QED) is 0.680. The van der Waals surface area contributed by atoms with Crippen LogP contribution in [0.5, 0.6) is 0 Å².